The highest BCUT2D eigenvalue weighted by molar-refractivity contribution is 5.96. The van der Waals surface area contributed by atoms with Crippen LogP contribution in [0.3, 0.4) is 0 Å². The van der Waals surface area contributed by atoms with Crippen LogP contribution in [0.15, 0.2) is 36.4 Å². The average molecular weight is 432 g/mol. The van der Waals surface area contributed by atoms with E-state index in [0.29, 0.717) is 24.0 Å². The molecule has 0 spiro atoms. The first kappa shape index (κ1) is 23.5. The summed E-state index contributed by atoms with van der Waals surface area (Å²) in [6, 6.07) is 8.31. The summed E-state index contributed by atoms with van der Waals surface area (Å²) in [4.78, 5) is 34.7. The number of ether oxygens (including phenoxy) is 4. The fourth-order valence-electron chi connectivity index (χ4n) is 2.47. The van der Waals surface area contributed by atoms with E-state index in [0.717, 1.165) is 0 Å². The lowest BCUT2D eigenvalue weighted by Gasteiger charge is -2.13. The summed E-state index contributed by atoms with van der Waals surface area (Å²) in [6.45, 7) is 3.95. The normalized spacial score (nSPS) is 10.4. The summed E-state index contributed by atoms with van der Waals surface area (Å²) >= 11 is 0. The summed E-state index contributed by atoms with van der Waals surface area (Å²) in [5, 5.41) is 13.3. The highest BCUT2D eigenvalue weighted by atomic mass is 16.6. The first-order valence-electron chi connectivity index (χ1n) is 9.35. The number of non-ortho nitro benzene ring substituents is 1. The zero-order valence-corrected chi connectivity index (χ0v) is 17.7. The zero-order chi connectivity index (χ0) is 23.0. The number of carbonyl (C=O) groups excluding carboxylic acids is 2. The molecule has 1 amide bonds. The molecule has 10 nitrogen and oxygen atoms in total. The van der Waals surface area contributed by atoms with Crippen molar-refractivity contribution in [3.8, 4) is 17.2 Å². The summed E-state index contributed by atoms with van der Waals surface area (Å²) in [5.74, 6) is -0.0624. The molecule has 0 aliphatic carbocycles. The maximum absolute atomic E-state index is 12.3. The number of hydrogen-bond donors (Lipinski definition) is 1. The van der Waals surface area contributed by atoms with Gasteiger partial charge in [0.05, 0.1) is 43.1 Å². The van der Waals surface area contributed by atoms with Gasteiger partial charge in [0.15, 0.2) is 18.1 Å². The van der Waals surface area contributed by atoms with Crippen LogP contribution in [0.25, 0.3) is 0 Å². The van der Waals surface area contributed by atoms with Crippen LogP contribution >= 0.6 is 0 Å². The summed E-state index contributed by atoms with van der Waals surface area (Å²) < 4.78 is 21.0. The number of nitro benzene ring substituents is 1. The summed E-state index contributed by atoms with van der Waals surface area (Å²) in [6.07, 6.45) is 0. The van der Waals surface area contributed by atoms with Crippen molar-refractivity contribution in [3.05, 3.63) is 52.1 Å². The SMILES string of the molecule is COc1cc([N+](=O)[O-])ccc1NC(=O)COC(=O)c1ccc(OCC(C)C)c(OC)c1. The van der Waals surface area contributed by atoms with Crippen LogP contribution < -0.4 is 19.5 Å². The minimum Gasteiger partial charge on any atom is -0.494 e. The van der Waals surface area contributed by atoms with Gasteiger partial charge in [-0.15, -0.1) is 0 Å². The van der Waals surface area contributed by atoms with Crippen molar-refractivity contribution < 1.29 is 33.5 Å². The van der Waals surface area contributed by atoms with Crippen molar-refractivity contribution in [2.45, 2.75) is 13.8 Å². The second-order valence-corrected chi connectivity index (χ2v) is 6.84. The fraction of sp³-hybridized carbons (Fsp3) is 0.333. The van der Waals surface area contributed by atoms with Gasteiger partial charge in [-0.25, -0.2) is 4.79 Å². The summed E-state index contributed by atoms with van der Waals surface area (Å²) in [7, 11) is 2.77. The Bertz CT molecular complexity index is 958. The first-order chi connectivity index (χ1) is 14.7. The van der Waals surface area contributed by atoms with Gasteiger partial charge in [0.2, 0.25) is 0 Å². The van der Waals surface area contributed by atoms with E-state index in [-0.39, 0.29) is 22.7 Å². The Morgan fingerprint density at radius 2 is 1.74 bits per heavy atom. The standard InChI is InChI=1S/C21H24N2O8/c1-13(2)11-30-17-8-5-14(9-19(17)29-4)21(25)31-12-20(24)22-16-7-6-15(23(26)27)10-18(16)28-3/h5-10,13H,11-12H2,1-4H3,(H,22,24). The molecule has 0 unspecified atom stereocenters. The highest BCUT2D eigenvalue weighted by Gasteiger charge is 2.17. The Hall–Kier alpha value is -3.82. The third-order valence-corrected chi connectivity index (χ3v) is 3.98. The number of anilines is 1. The highest BCUT2D eigenvalue weighted by Crippen LogP contribution is 2.30. The van der Waals surface area contributed by atoms with Gasteiger partial charge in [0, 0.05) is 6.07 Å². The van der Waals surface area contributed by atoms with Crippen molar-refractivity contribution in [3.63, 3.8) is 0 Å². The molecule has 0 atom stereocenters. The van der Waals surface area contributed by atoms with Gasteiger partial charge in [-0.3, -0.25) is 14.9 Å². The predicted molar refractivity (Wildman–Crippen MR) is 112 cm³/mol. The van der Waals surface area contributed by atoms with Crippen molar-refractivity contribution in [2.75, 3.05) is 32.8 Å². The van der Waals surface area contributed by atoms with Gasteiger partial charge >= 0.3 is 5.97 Å². The monoisotopic (exact) mass is 432 g/mol. The predicted octanol–water partition coefficient (Wildman–Crippen LogP) is 3.44. The number of amides is 1. The molecule has 31 heavy (non-hydrogen) atoms. The molecule has 166 valence electrons. The Morgan fingerprint density at radius 1 is 1.03 bits per heavy atom. The van der Waals surface area contributed by atoms with Crippen LogP contribution in [0.1, 0.15) is 24.2 Å². The number of nitrogens with one attached hydrogen (secondary N) is 1. The Labute approximate surface area is 179 Å². The molecule has 0 saturated carbocycles. The number of hydrogen-bond acceptors (Lipinski definition) is 8. The largest absolute Gasteiger partial charge is 0.494 e. The van der Waals surface area contributed by atoms with Gasteiger partial charge in [-0.05, 0) is 30.2 Å². The minimum atomic E-state index is -0.723. The Morgan fingerprint density at radius 3 is 2.35 bits per heavy atom. The number of rotatable bonds is 10. The lowest BCUT2D eigenvalue weighted by molar-refractivity contribution is -0.384. The molecule has 2 aromatic carbocycles. The van der Waals surface area contributed by atoms with E-state index in [1.54, 1.807) is 6.07 Å². The second-order valence-electron chi connectivity index (χ2n) is 6.84. The Balaban J connectivity index is 1.99. The number of methoxy groups -OCH3 is 2. The molecule has 2 rings (SSSR count). The molecule has 2 aromatic rings. The third kappa shape index (κ3) is 6.59. The van der Waals surface area contributed by atoms with E-state index in [9.17, 15) is 19.7 Å². The average Bonchev–Trinajstić information content (AvgIpc) is 2.75. The molecule has 10 heteroatoms. The maximum atomic E-state index is 12.3. The molecule has 0 heterocycles. The van der Waals surface area contributed by atoms with Crippen molar-refractivity contribution >= 4 is 23.3 Å². The molecule has 0 fully saturated rings. The Kier molecular flexibility index (Phi) is 8.18. The number of nitro groups is 1. The number of benzene rings is 2. The molecule has 0 bridgehead atoms. The van der Waals surface area contributed by atoms with Crippen LogP contribution in [0.2, 0.25) is 0 Å². The molecule has 1 N–H and O–H groups in total. The number of carbonyl (C=O) groups is 2. The number of esters is 1. The molecule has 0 radical (unpaired) electrons. The van der Waals surface area contributed by atoms with Gasteiger partial charge < -0.3 is 24.3 Å². The molecular weight excluding hydrogens is 408 g/mol. The van der Waals surface area contributed by atoms with E-state index in [1.165, 1.54) is 44.6 Å². The second kappa shape index (κ2) is 10.8. The van der Waals surface area contributed by atoms with Gasteiger partial charge in [-0.1, -0.05) is 13.8 Å². The van der Waals surface area contributed by atoms with Crippen LogP contribution in [-0.2, 0) is 9.53 Å². The zero-order valence-electron chi connectivity index (χ0n) is 17.7. The molecular formula is C21H24N2O8. The van der Waals surface area contributed by atoms with Crippen LogP contribution in [0.4, 0.5) is 11.4 Å². The quantitative estimate of drug-likeness (QED) is 0.344. The molecule has 0 saturated heterocycles. The van der Waals surface area contributed by atoms with E-state index in [2.05, 4.69) is 5.32 Å². The van der Waals surface area contributed by atoms with E-state index in [1.807, 2.05) is 13.8 Å². The molecule has 0 aliphatic heterocycles. The lowest BCUT2D eigenvalue weighted by Crippen LogP contribution is -2.21. The smallest absolute Gasteiger partial charge is 0.338 e. The van der Waals surface area contributed by atoms with E-state index < -0.39 is 23.4 Å². The van der Waals surface area contributed by atoms with Gasteiger partial charge in [0.1, 0.15) is 5.75 Å². The maximum Gasteiger partial charge on any atom is 0.338 e. The first-order valence-corrected chi connectivity index (χ1v) is 9.35. The van der Waals surface area contributed by atoms with Crippen LogP contribution in [0, 0.1) is 16.0 Å². The van der Waals surface area contributed by atoms with Crippen molar-refractivity contribution in [1.82, 2.24) is 0 Å². The van der Waals surface area contributed by atoms with Gasteiger partial charge in [0.25, 0.3) is 11.6 Å². The van der Waals surface area contributed by atoms with Crippen LogP contribution in [0.5, 0.6) is 17.2 Å². The topological polar surface area (TPSA) is 126 Å². The lowest BCUT2D eigenvalue weighted by atomic mass is 10.2. The van der Waals surface area contributed by atoms with Crippen molar-refractivity contribution in [2.24, 2.45) is 5.92 Å². The fourth-order valence-corrected chi connectivity index (χ4v) is 2.47. The van der Waals surface area contributed by atoms with Crippen LogP contribution in [-0.4, -0.2) is 44.2 Å². The minimum absolute atomic E-state index is 0.107. The molecule has 0 aliphatic rings. The molecule has 0 aromatic heterocycles. The third-order valence-electron chi connectivity index (χ3n) is 3.98. The van der Waals surface area contributed by atoms with E-state index in [4.69, 9.17) is 18.9 Å². The van der Waals surface area contributed by atoms with Crippen molar-refractivity contribution in [1.29, 1.82) is 0 Å². The van der Waals surface area contributed by atoms with Gasteiger partial charge in [-0.2, -0.15) is 0 Å². The van der Waals surface area contributed by atoms with E-state index >= 15 is 0 Å². The number of nitrogens with zero attached hydrogens (tertiary/aromatic N) is 1. The summed E-state index contributed by atoms with van der Waals surface area (Å²) in [5.41, 5.74) is 0.216.